The van der Waals surface area contributed by atoms with E-state index in [1.54, 1.807) is 0 Å². The van der Waals surface area contributed by atoms with E-state index in [2.05, 4.69) is 39.5 Å². The van der Waals surface area contributed by atoms with Gasteiger partial charge in [-0.1, -0.05) is 25.2 Å². The molecule has 0 aromatic rings. The van der Waals surface area contributed by atoms with E-state index in [-0.39, 0.29) is 0 Å². The molecule has 1 aliphatic carbocycles. The van der Waals surface area contributed by atoms with Crippen molar-refractivity contribution in [3.05, 3.63) is 24.8 Å². The lowest BCUT2D eigenvalue weighted by Gasteiger charge is -2.39. The van der Waals surface area contributed by atoms with Crippen LogP contribution in [0.4, 0.5) is 0 Å². The molecule has 0 bridgehead atoms. The Hall–Kier alpha value is -0.383. The van der Waals surface area contributed by atoms with E-state index in [1.165, 1.54) is 19.3 Å². The van der Waals surface area contributed by atoms with Crippen molar-refractivity contribution in [2.45, 2.75) is 51.6 Å². The summed E-state index contributed by atoms with van der Waals surface area (Å²) in [5.41, 5.74) is 0.528. The summed E-state index contributed by atoms with van der Waals surface area (Å²) in [5, 5.41) is 0. The van der Waals surface area contributed by atoms with Gasteiger partial charge in [0.2, 0.25) is 0 Å². The summed E-state index contributed by atoms with van der Waals surface area (Å²) in [6.45, 7) is 11.8. The van der Waals surface area contributed by atoms with Crippen LogP contribution in [0.1, 0.15) is 40.0 Å². The Morgan fingerprint density at radius 1 is 1.33 bits per heavy atom. The third-order valence-electron chi connectivity index (χ3n) is 3.92. The molecule has 0 fully saturated rings. The number of hydrogen-bond donors (Lipinski definition) is 0. The smallest absolute Gasteiger partial charge is 0.345 e. The average molecular weight is 268 g/mol. The Balaban J connectivity index is 2.83. The molecule has 2 atom stereocenters. The minimum absolute atomic E-state index is 0.528. The van der Waals surface area contributed by atoms with Crippen molar-refractivity contribution in [2.75, 3.05) is 13.2 Å². The molecule has 0 saturated carbocycles. The molecule has 0 N–H and O–H groups in total. The van der Waals surface area contributed by atoms with Gasteiger partial charge in [0.05, 0.1) is 0 Å². The van der Waals surface area contributed by atoms with Gasteiger partial charge in [-0.05, 0) is 39.0 Å². The van der Waals surface area contributed by atoms with Crippen LogP contribution >= 0.6 is 0 Å². The highest BCUT2D eigenvalue weighted by atomic mass is 28.4. The Morgan fingerprint density at radius 3 is 2.44 bits per heavy atom. The minimum Gasteiger partial charge on any atom is -0.394 e. The molecular formula is C15H28O2Si. The Morgan fingerprint density at radius 2 is 2.00 bits per heavy atom. The maximum absolute atomic E-state index is 6.15. The van der Waals surface area contributed by atoms with Crippen LogP contribution in [0.15, 0.2) is 24.8 Å². The fourth-order valence-electron chi connectivity index (χ4n) is 2.93. The zero-order valence-electron chi connectivity index (χ0n) is 12.2. The monoisotopic (exact) mass is 268 g/mol. The summed E-state index contributed by atoms with van der Waals surface area (Å²) in [4.78, 5) is 0. The predicted molar refractivity (Wildman–Crippen MR) is 79.9 cm³/mol. The lowest BCUT2D eigenvalue weighted by Crippen LogP contribution is -2.48. The highest BCUT2D eigenvalue weighted by molar-refractivity contribution is 6.69. The summed E-state index contributed by atoms with van der Waals surface area (Å²) in [5.74, 6) is 0.708. The van der Waals surface area contributed by atoms with Gasteiger partial charge < -0.3 is 8.85 Å². The van der Waals surface area contributed by atoms with Crippen LogP contribution in [0, 0.1) is 5.92 Å². The average Bonchev–Trinajstić information content (AvgIpc) is 2.39. The van der Waals surface area contributed by atoms with Gasteiger partial charge in [-0.15, -0.1) is 6.58 Å². The summed E-state index contributed by atoms with van der Waals surface area (Å²) in [6.07, 6.45) is 10.2. The Kier molecular flexibility index (Phi) is 6.90. The molecule has 0 amide bonds. The molecule has 1 aliphatic rings. The van der Waals surface area contributed by atoms with Crippen LogP contribution in [0.2, 0.25) is 11.6 Å². The molecule has 0 aromatic heterocycles. The third-order valence-corrected chi connectivity index (χ3v) is 8.19. The summed E-state index contributed by atoms with van der Waals surface area (Å²) >= 11 is 0. The van der Waals surface area contributed by atoms with Crippen molar-refractivity contribution in [1.82, 2.24) is 0 Å². The maximum Gasteiger partial charge on any atom is 0.345 e. The fourth-order valence-corrected chi connectivity index (χ4v) is 6.55. The van der Waals surface area contributed by atoms with Crippen molar-refractivity contribution in [3.8, 4) is 0 Å². The van der Waals surface area contributed by atoms with Gasteiger partial charge in [-0.3, -0.25) is 0 Å². The Bertz CT molecular complexity index is 270. The van der Waals surface area contributed by atoms with Crippen molar-refractivity contribution in [3.63, 3.8) is 0 Å². The van der Waals surface area contributed by atoms with Crippen molar-refractivity contribution in [2.24, 2.45) is 5.92 Å². The molecule has 0 radical (unpaired) electrons. The zero-order chi connectivity index (χ0) is 13.4. The quantitative estimate of drug-likeness (QED) is 0.479. The Labute approximate surface area is 113 Å². The lowest BCUT2D eigenvalue weighted by atomic mass is 9.92. The minimum atomic E-state index is -2.14. The first-order chi connectivity index (χ1) is 8.70. The van der Waals surface area contributed by atoms with Gasteiger partial charge in [0.1, 0.15) is 0 Å². The summed E-state index contributed by atoms with van der Waals surface area (Å²) in [6, 6.07) is 0.899. The second kappa shape index (κ2) is 7.92. The fraction of sp³-hybridized carbons (Fsp3) is 0.733. The highest BCUT2D eigenvalue weighted by Crippen LogP contribution is 2.40. The topological polar surface area (TPSA) is 18.5 Å². The normalized spacial score (nSPS) is 21.8. The number of allylic oxidation sites excluding steroid dienone is 3. The van der Waals surface area contributed by atoms with Crippen LogP contribution in [-0.2, 0) is 8.85 Å². The molecule has 1 rings (SSSR count). The van der Waals surface area contributed by atoms with Crippen LogP contribution in [0.5, 0.6) is 0 Å². The summed E-state index contributed by atoms with van der Waals surface area (Å²) in [7, 11) is -2.14. The first kappa shape index (κ1) is 15.7. The molecule has 104 valence electrons. The lowest BCUT2D eigenvalue weighted by molar-refractivity contribution is 0.165. The van der Waals surface area contributed by atoms with Crippen LogP contribution in [0.25, 0.3) is 0 Å². The second-order valence-corrected chi connectivity index (χ2v) is 8.52. The standard InChI is InChI=1S/C15H28O2Si/c1-5-13-18(16-6-2,17-7-3)14(4)15-11-9-8-10-12-15/h5,8-9,14-15H,1,6-7,10-13H2,2-4H3. The summed E-state index contributed by atoms with van der Waals surface area (Å²) < 4.78 is 12.3. The molecule has 0 saturated heterocycles. The van der Waals surface area contributed by atoms with Gasteiger partial charge in [0, 0.05) is 24.8 Å². The molecule has 2 unspecified atom stereocenters. The first-order valence-corrected chi connectivity index (χ1v) is 9.34. The van der Waals surface area contributed by atoms with Crippen LogP contribution in [-0.4, -0.2) is 21.8 Å². The van der Waals surface area contributed by atoms with Crippen molar-refractivity contribution >= 4 is 8.56 Å². The predicted octanol–water partition coefficient (Wildman–Crippen LogP) is 4.43. The number of hydrogen-bond acceptors (Lipinski definition) is 2. The van der Waals surface area contributed by atoms with Crippen LogP contribution < -0.4 is 0 Å². The number of rotatable bonds is 8. The molecule has 0 heterocycles. The molecule has 0 aliphatic heterocycles. The second-order valence-electron chi connectivity index (χ2n) is 5.00. The van der Waals surface area contributed by atoms with Gasteiger partial charge in [-0.2, -0.15) is 0 Å². The van der Waals surface area contributed by atoms with E-state index in [0.29, 0.717) is 11.5 Å². The van der Waals surface area contributed by atoms with Crippen LogP contribution in [0.3, 0.4) is 0 Å². The SMILES string of the molecule is C=CC[Si](OCC)(OCC)C(C)C1CC=CCC1. The maximum atomic E-state index is 6.15. The van der Waals surface area contributed by atoms with E-state index < -0.39 is 8.56 Å². The first-order valence-electron chi connectivity index (χ1n) is 7.24. The molecule has 3 heteroatoms. The van der Waals surface area contributed by atoms with Gasteiger partial charge in [0.25, 0.3) is 0 Å². The van der Waals surface area contributed by atoms with E-state index in [0.717, 1.165) is 19.3 Å². The molecule has 0 spiro atoms. The van der Waals surface area contributed by atoms with Crippen molar-refractivity contribution in [1.29, 1.82) is 0 Å². The molecular weight excluding hydrogens is 240 g/mol. The molecule has 18 heavy (non-hydrogen) atoms. The molecule has 2 nitrogen and oxygen atoms in total. The largest absolute Gasteiger partial charge is 0.394 e. The van der Waals surface area contributed by atoms with Gasteiger partial charge >= 0.3 is 8.56 Å². The van der Waals surface area contributed by atoms with E-state index in [1.807, 2.05) is 6.08 Å². The van der Waals surface area contributed by atoms with E-state index >= 15 is 0 Å². The zero-order valence-corrected chi connectivity index (χ0v) is 13.2. The van der Waals surface area contributed by atoms with E-state index in [4.69, 9.17) is 8.85 Å². The van der Waals surface area contributed by atoms with Gasteiger partial charge in [0.15, 0.2) is 0 Å². The highest BCUT2D eigenvalue weighted by Gasteiger charge is 2.45. The van der Waals surface area contributed by atoms with E-state index in [9.17, 15) is 0 Å². The third kappa shape index (κ3) is 3.80. The molecule has 0 aromatic carbocycles. The van der Waals surface area contributed by atoms with Gasteiger partial charge in [-0.25, -0.2) is 0 Å². The van der Waals surface area contributed by atoms with Crippen molar-refractivity contribution < 1.29 is 8.85 Å².